The molecule has 12 heteroatoms. The number of aliphatic hydroxyl groups is 1. The maximum Gasteiger partial charge on any atom is 1.00 e. The third-order valence-corrected chi connectivity index (χ3v) is 5.28. The van der Waals surface area contributed by atoms with Crippen LogP contribution in [0.3, 0.4) is 0 Å². The number of allylic oxidation sites excluding steroid dienone is 5. The molecule has 1 N–H and O–H groups in total. The van der Waals surface area contributed by atoms with Crippen LogP contribution < -0.4 is 118 Å². The molecule has 212 valence electrons. The second-order valence-corrected chi connectivity index (χ2v) is 9.31. The molecule has 43 heavy (non-hydrogen) atoms. The van der Waals surface area contributed by atoms with E-state index in [-0.39, 0.29) is 116 Å². The van der Waals surface area contributed by atoms with Crippen LogP contribution in [0.2, 0.25) is 0 Å². The summed E-state index contributed by atoms with van der Waals surface area (Å²) in [6.45, 7) is -0.181. The van der Waals surface area contributed by atoms with Crippen molar-refractivity contribution in [3.05, 3.63) is 154 Å². The molecule has 0 heterocycles. The van der Waals surface area contributed by atoms with Gasteiger partial charge in [-0.25, -0.2) is 8.78 Å². The minimum absolute atomic E-state index is 0. The molecule has 0 atom stereocenters. The molecule has 4 aromatic carbocycles. The van der Waals surface area contributed by atoms with Gasteiger partial charge in [-0.15, -0.1) is 0 Å². The fourth-order valence-electron chi connectivity index (χ4n) is 2.81. The van der Waals surface area contributed by atoms with Crippen molar-refractivity contribution in [2.24, 2.45) is 0 Å². The second kappa shape index (κ2) is 25.2. The van der Waals surface area contributed by atoms with Gasteiger partial charge in [-0.2, -0.15) is 0 Å². The van der Waals surface area contributed by atoms with Crippen molar-refractivity contribution in [2.45, 2.75) is 0 Å². The van der Waals surface area contributed by atoms with Gasteiger partial charge in [0.1, 0.15) is 40.7 Å². The van der Waals surface area contributed by atoms with Crippen molar-refractivity contribution in [1.82, 2.24) is 0 Å². The number of carbonyl (C=O) groups excluding carboxylic acids is 1. The van der Waals surface area contributed by atoms with E-state index in [1.807, 2.05) is 78.9 Å². The Bertz CT molecular complexity index is 1350. The van der Waals surface area contributed by atoms with Crippen molar-refractivity contribution in [1.29, 1.82) is 0 Å². The summed E-state index contributed by atoms with van der Waals surface area (Å²) >= 11 is 6.41. The molecular weight excluding hydrogens is 744 g/mol. The third kappa shape index (κ3) is 19.8. The topological polar surface area (TPSA) is 88.1 Å². The second-order valence-electron chi connectivity index (χ2n) is 7.48. The van der Waals surface area contributed by atoms with Crippen LogP contribution in [-0.2, 0) is 9.68 Å². The fraction of sp³-hybridized carbons (Fsp3) is 0. The molecule has 0 spiro atoms. The molecule has 0 radical (unpaired) electrons. The summed E-state index contributed by atoms with van der Waals surface area (Å²) < 4.78 is 37.3. The van der Waals surface area contributed by atoms with Gasteiger partial charge in [0, 0.05) is 27.2 Å². The Morgan fingerprint density at radius 3 is 1.49 bits per heavy atom. The Hall–Kier alpha value is -1.07. The van der Waals surface area contributed by atoms with E-state index in [1.165, 1.54) is 12.1 Å². The van der Waals surface area contributed by atoms with Crippen molar-refractivity contribution < 1.29 is 142 Å². The predicted molar refractivity (Wildman–Crippen MR) is 157 cm³/mol. The zero-order chi connectivity index (χ0) is 29.9. The molecule has 0 unspecified atom stereocenters. The van der Waals surface area contributed by atoms with Crippen LogP contribution in [0.15, 0.2) is 136 Å². The molecule has 0 fully saturated rings. The smallest absolute Gasteiger partial charge is 1.00 e. The first-order valence-electron chi connectivity index (χ1n) is 11.5. The van der Waals surface area contributed by atoms with E-state index in [1.54, 1.807) is 24.3 Å². The molecule has 0 amide bonds. The third-order valence-electron chi connectivity index (χ3n) is 4.36. The Balaban J connectivity index is 0. The van der Waals surface area contributed by atoms with Gasteiger partial charge in [0.25, 0.3) is 12.2 Å². The number of hydrogen-bond acceptors (Lipinski definition) is 6. The largest absolute Gasteiger partial charge is 1.00 e. The van der Waals surface area contributed by atoms with Crippen molar-refractivity contribution in [3.8, 4) is 23.0 Å². The Kier molecular flexibility index (Phi) is 24.5. The zero-order valence-corrected chi connectivity index (χ0v) is 32.5. The van der Waals surface area contributed by atoms with Crippen LogP contribution in [-0.4, -0.2) is 11.6 Å². The molecule has 4 aromatic rings. The molecular formula is C31H23Br2F2K2O6+. The van der Waals surface area contributed by atoms with Crippen molar-refractivity contribution in [3.63, 3.8) is 0 Å². The fourth-order valence-corrected chi connectivity index (χ4v) is 3.70. The molecule has 1 aliphatic rings. The van der Waals surface area contributed by atoms with Gasteiger partial charge in [-0.1, -0.05) is 68.3 Å². The van der Waals surface area contributed by atoms with Gasteiger partial charge < -0.3 is 26.2 Å². The molecule has 0 aromatic heterocycles. The number of halogens is 4. The van der Waals surface area contributed by atoms with Crippen LogP contribution in [0, 0.1) is 17.7 Å². The zero-order valence-electron chi connectivity index (χ0n) is 24.1. The molecule has 5 rings (SSSR count). The summed E-state index contributed by atoms with van der Waals surface area (Å²) in [6.07, 6.45) is 9.39. The predicted octanol–water partition coefficient (Wildman–Crippen LogP) is 2.67. The summed E-state index contributed by atoms with van der Waals surface area (Å²) in [5.41, 5.74) is 0. The molecule has 0 saturated heterocycles. The van der Waals surface area contributed by atoms with Crippen LogP contribution in [0.5, 0.6) is 23.0 Å². The molecule has 6 nitrogen and oxygen atoms in total. The minimum Gasteiger partial charge on any atom is -1.00 e. The number of hydrogen-bond donors (Lipinski definition) is 1. The summed E-state index contributed by atoms with van der Waals surface area (Å²) in [6, 6.07) is 28.2. The Morgan fingerprint density at radius 2 is 1.16 bits per heavy atom. The van der Waals surface area contributed by atoms with Gasteiger partial charge in [0.05, 0.1) is 18.2 Å². The normalized spacial score (nSPS) is 10.0. The number of benzene rings is 4. The minimum atomic E-state index is -0.568. The maximum absolute atomic E-state index is 12.2. The number of rotatable bonds is 5. The van der Waals surface area contributed by atoms with E-state index >= 15 is 0 Å². The first-order chi connectivity index (χ1) is 19.8. The van der Waals surface area contributed by atoms with Gasteiger partial charge in [-0.05, 0) is 48.5 Å². The van der Waals surface area contributed by atoms with Gasteiger partial charge in [-0.3, -0.25) is 4.79 Å². The maximum atomic E-state index is 12.2. The van der Waals surface area contributed by atoms with E-state index in [4.69, 9.17) is 24.6 Å². The van der Waals surface area contributed by atoms with Gasteiger partial charge >= 0.3 is 103 Å². The van der Waals surface area contributed by atoms with Crippen LogP contribution in [0.25, 0.3) is 0 Å². The number of aliphatic hydroxyl groups excluding tert-OH is 1. The average molecular weight is 768 g/mol. The van der Waals surface area contributed by atoms with E-state index in [0.717, 1.165) is 33.5 Å². The van der Waals surface area contributed by atoms with E-state index in [0.29, 0.717) is 4.47 Å². The van der Waals surface area contributed by atoms with Crippen molar-refractivity contribution in [2.75, 3.05) is 0 Å². The molecule has 0 aliphatic heterocycles. The molecule has 1 aliphatic carbocycles. The Labute approximate surface area is 352 Å². The summed E-state index contributed by atoms with van der Waals surface area (Å²) in [7, 11) is 0. The quantitative estimate of drug-likeness (QED) is 0.111. The number of carbonyl (C=O) groups is 1. The SMILES string of the molecule is Brc1cc(Oc2ccccc2)cc(Oc2ccccc2)c1.Fc1cc(F)cc(Br)c1.O=CO[O-].OC1=CC=CC=[C+]1.[H-].[K+].[K+]. The van der Waals surface area contributed by atoms with Crippen LogP contribution in [0.4, 0.5) is 8.78 Å². The molecule has 0 bridgehead atoms. The first-order valence-corrected chi connectivity index (χ1v) is 13.1. The standard InChI is InChI=1S/C18H13BrO2.C6H3BrF2.C6H4O.CH2O3.2K.H/c19-14-11-17(20-15-7-3-1-4-8-15)13-18(12-14)21-16-9-5-2-6-10-16;7-4-1-5(8)3-6(9)2-4;7-6-4-2-1-3-5-6;2-1-4-3;;;/h1-13H;1-3H;1-4H;1,3H;;;/q;;;;2*+1;-1. The Morgan fingerprint density at radius 1 is 0.721 bits per heavy atom. The summed E-state index contributed by atoms with van der Waals surface area (Å²) in [4.78, 5) is 11.2. The molecule has 0 saturated carbocycles. The monoisotopic (exact) mass is 765 g/mol. The summed E-state index contributed by atoms with van der Waals surface area (Å²) in [5, 5.41) is 17.0. The van der Waals surface area contributed by atoms with Crippen LogP contribution >= 0.6 is 31.9 Å². The first kappa shape index (κ1) is 41.9. The van der Waals surface area contributed by atoms with E-state index in [9.17, 15) is 8.78 Å². The summed E-state index contributed by atoms with van der Waals surface area (Å²) in [5.74, 6) is 2.09. The van der Waals surface area contributed by atoms with Gasteiger partial charge in [0.2, 0.25) is 0 Å². The van der Waals surface area contributed by atoms with E-state index in [2.05, 4.69) is 42.8 Å². The van der Waals surface area contributed by atoms with Gasteiger partial charge in [0.15, 0.2) is 0 Å². The van der Waals surface area contributed by atoms with Crippen molar-refractivity contribution >= 4 is 38.3 Å². The average Bonchev–Trinajstić information content (AvgIpc) is 2.94. The van der Waals surface area contributed by atoms with Crippen LogP contribution in [0.1, 0.15) is 1.43 Å². The van der Waals surface area contributed by atoms with E-state index < -0.39 is 11.6 Å². The number of para-hydroxylation sites is 2. The number of ether oxygens (including phenoxy) is 2.